The number of hydrogen-bond donors (Lipinski definition) is 2. The molecule has 0 aliphatic heterocycles. The first-order valence-electron chi connectivity index (χ1n) is 7.22. The summed E-state index contributed by atoms with van der Waals surface area (Å²) in [6, 6.07) is 14.8. The number of fused-ring (bicyclic) bond motifs is 1. The number of ether oxygens (including phenoxy) is 1. The summed E-state index contributed by atoms with van der Waals surface area (Å²) in [6.07, 6.45) is 3.07. The van der Waals surface area contributed by atoms with Crippen LogP contribution in [0.4, 0.5) is 11.5 Å². The van der Waals surface area contributed by atoms with Gasteiger partial charge in [-0.3, -0.25) is 0 Å². The van der Waals surface area contributed by atoms with E-state index in [-0.39, 0.29) is 0 Å². The molecule has 0 bridgehead atoms. The summed E-state index contributed by atoms with van der Waals surface area (Å²) < 4.78 is 5.77. The van der Waals surface area contributed by atoms with Crippen molar-refractivity contribution in [3.8, 4) is 11.5 Å². The number of halogens is 1. The molecule has 0 fully saturated rings. The fourth-order valence-electron chi connectivity index (χ4n) is 2.24. The number of hydrogen-bond acceptors (Lipinski definition) is 5. The first kappa shape index (κ1) is 14.5. The van der Waals surface area contributed by atoms with Crippen LogP contribution < -0.4 is 10.1 Å². The molecule has 0 saturated heterocycles. The van der Waals surface area contributed by atoms with E-state index in [2.05, 4.69) is 25.3 Å². The summed E-state index contributed by atoms with van der Waals surface area (Å²) in [5.74, 6) is 2.14. The number of rotatable bonds is 4. The summed E-state index contributed by atoms with van der Waals surface area (Å²) in [5, 5.41) is 3.91. The number of imidazole rings is 1. The van der Waals surface area contributed by atoms with Gasteiger partial charge in [0.2, 0.25) is 0 Å². The molecule has 0 radical (unpaired) electrons. The smallest absolute Gasteiger partial charge is 0.182 e. The lowest BCUT2D eigenvalue weighted by molar-refractivity contribution is 0.483. The van der Waals surface area contributed by atoms with Crippen LogP contribution in [0.3, 0.4) is 0 Å². The second-order valence-corrected chi connectivity index (χ2v) is 5.47. The molecule has 118 valence electrons. The van der Waals surface area contributed by atoms with Crippen LogP contribution in [0.1, 0.15) is 0 Å². The number of aromatic amines is 1. The van der Waals surface area contributed by atoms with E-state index in [4.69, 9.17) is 16.3 Å². The zero-order valence-electron chi connectivity index (χ0n) is 12.4. The Morgan fingerprint density at radius 3 is 2.33 bits per heavy atom. The van der Waals surface area contributed by atoms with E-state index in [1.165, 1.54) is 6.33 Å². The predicted octanol–water partition coefficient (Wildman–Crippen LogP) is 4.54. The Labute approximate surface area is 142 Å². The van der Waals surface area contributed by atoms with Gasteiger partial charge in [0.15, 0.2) is 11.5 Å². The second kappa shape index (κ2) is 6.17. The van der Waals surface area contributed by atoms with Gasteiger partial charge in [-0.15, -0.1) is 0 Å². The van der Waals surface area contributed by atoms with E-state index in [0.29, 0.717) is 16.5 Å². The molecule has 6 nitrogen and oxygen atoms in total. The molecule has 4 aromatic rings. The molecule has 0 spiro atoms. The Balaban J connectivity index is 1.51. The van der Waals surface area contributed by atoms with Crippen LogP contribution in [0.15, 0.2) is 61.2 Å². The summed E-state index contributed by atoms with van der Waals surface area (Å²) in [4.78, 5) is 15.5. The largest absolute Gasteiger partial charge is 0.457 e. The lowest BCUT2D eigenvalue weighted by Gasteiger charge is -2.08. The summed E-state index contributed by atoms with van der Waals surface area (Å²) in [7, 11) is 0. The molecule has 24 heavy (non-hydrogen) atoms. The van der Waals surface area contributed by atoms with Crippen molar-refractivity contribution in [1.82, 2.24) is 19.9 Å². The van der Waals surface area contributed by atoms with Gasteiger partial charge in [-0.2, -0.15) is 0 Å². The minimum atomic E-state index is 0.621. The first-order chi connectivity index (χ1) is 11.8. The molecule has 2 N–H and O–H groups in total. The summed E-state index contributed by atoms with van der Waals surface area (Å²) in [6.45, 7) is 0. The standard InChI is InChI=1S/C17H12ClN5O/c18-11-1-5-13(6-2-11)24-14-7-3-12(4-8-14)23-17-15-16(20-9-19-15)21-10-22-17/h1-10H,(H2,19,20,21,22,23). The van der Waals surface area contributed by atoms with Crippen molar-refractivity contribution < 1.29 is 4.74 Å². The van der Waals surface area contributed by atoms with Gasteiger partial charge in [-0.05, 0) is 48.5 Å². The minimum Gasteiger partial charge on any atom is -0.457 e. The Morgan fingerprint density at radius 2 is 1.58 bits per heavy atom. The van der Waals surface area contributed by atoms with E-state index in [9.17, 15) is 0 Å². The number of nitrogens with zero attached hydrogens (tertiary/aromatic N) is 3. The fourth-order valence-corrected chi connectivity index (χ4v) is 2.37. The maximum Gasteiger partial charge on any atom is 0.182 e. The minimum absolute atomic E-state index is 0.621. The third-order valence-corrected chi connectivity index (χ3v) is 3.64. The average molecular weight is 338 g/mol. The van der Waals surface area contributed by atoms with Gasteiger partial charge < -0.3 is 15.0 Å². The van der Waals surface area contributed by atoms with Crippen LogP contribution in [0.2, 0.25) is 5.02 Å². The predicted molar refractivity (Wildman–Crippen MR) is 92.9 cm³/mol. The first-order valence-corrected chi connectivity index (χ1v) is 7.60. The summed E-state index contributed by atoms with van der Waals surface area (Å²) in [5.41, 5.74) is 2.27. The molecule has 2 aromatic carbocycles. The van der Waals surface area contributed by atoms with Crippen molar-refractivity contribution in [2.24, 2.45) is 0 Å². The molecule has 4 rings (SSSR count). The van der Waals surface area contributed by atoms with E-state index < -0.39 is 0 Å². The molecule has 2 heterocycles. The highest BCUT2D eigenvalue weighted by atomic mass is 35.5. The zero-order chi connectivity index (χ0) is 16.4. The Morgan fingerprint density at radius 1 is 0.875 bits per heavy atom. The van der Waals surface area contributed by atoms with Crippen LogP contribution in [0.5, 0.6) is 11.5 Å². The molecule has 0 saturated carbocycles. The molecule has 2 aromatic heterocycles. The SMILES string of the molecule is Clc1ccc(Oc2ccc(Nc3ncnc4nc[nH]c34)cc2)cc1. The number of anilines is 2. The van der Waals surface area contributed by atoms with Crippen molar-refractivity contribution in [3.63, 3.8) is 0 Å². The van der Waals surface area contributed by atoms with Gasteiger partial charge in [0.1, 0.15) is 23.3 Å². The van der Waals surface area contributed by atoms with Crippen molar-refractivity contribution in [1.29, 1.82) is 0 Å². The van der Waals surface area contributed by atoms with Gasteiger partial charge in [0.25, 0.3) is 0 Å². The van der Waals surface area contributed by atoms with Crippen molar-refractivity contribution in [3.05, 3.63) is 66.2 Å². The molecule has 0 atom stereocenters. The van der Waals surface area contributed by atoms with Crippen LogP contribution in [-0.4, -0.2) is 19.9 Å². The third kappa shape index (κ3) is 3.00. The Hall–Kier alpha value is -3.12. The third-order valence-electron chi connectivity index (χ3n) is 3.39. The number of H-pyrrole nitrogens is 1. The molecule has 7 heteroatoms. The van der Waals surface area contributed by atoms with Gasteiger partial charge in [-0.1, -0.05) is 11.6 Å². The molecule has 0 aliphatic rings. The van der Waals surface area contributed by atoms with E-state index in [1.807, 2.05) is 36.4 Å². The van der Waals surface area contributed by atoms with Crippen LogP contribution in [0, 0.1) is 0 Å². The van der Waals surface area contributed by atoms with E-state index in [0.717, 1.165) is 22.7 Å². The summed E-state index contributed by atoms with van der Waals surface area (Å²) >= 11 is 5.86. The molecule has 0 amide bonds. The van der Waals surface area contributed by atoms with Gasteiger partial charge in [0.05, 0.1) is 6.33 Å². The molecular formula is C17H12ClN5O. The topological polar surface area (TPSA) is 75.7 Å². The highest BCUT2D eigenvalue weighted by molar-refractivity contribution is 6.30. The zero-order valence-corrected chi connectivity index (χ0v) is 13.2. The lowest BCUT2D eigenvalue weighted by Crippen LogP contribution is -1.95. The quantitative estimate of drug-likeness (QED) is 0.571. The molecule has 0 unspecified atom stereocenters. The van der Waals surface area contributed by atoms with Crippen LogP contribution >= 0.6 is 11.6 Å². The van der Waals surface area contributed by atoms with Crippen molar-refractivity contribution >= 4 is 34.3 Å². The number of nitrogens with one attached hydrogen (secondary N) is 2. The van der Waals surface area contributed by atoms with Crippen molar-refractivity contribution in [2.75, 3.05) is 5.32 Å². The van der Waals surface area contributed by atoms with Gasteiger partial charge >= 0.3 is 0 Å². The van der Waals surface area contributed by atoms with Gasteiger partial charge in [-0.25, -0.2) is 15.0 Å². The fraction of sp³-hybridized carbons (Fsp3) is 0. The molecule has 0 aliphatic carbocycles. The lowest BCUT2D eigenvalue weighted by atomic mass is 10.3. The number of benzene rings is 2. The maximum absolute atomic E-state index is 5.86. The van der Waals surface area contributed by atoms with E-state index in [1.54, 1.807) is 18.5 Å². The molecular weight excluding hydrogens is 326 g/mol. The second-order valence-electron chi connectivity index (χ2n) is 5.03. The maximum atomic E-state index is 5.86. The van der Waals surface area contributed by atoms with Crippen LogP contribution in [0.25, 0.3) is 11.2 Å². The Bertz CT molecular complexity index is 966. The monoisotopic (exact) mass is 337 g/mol. The number of aromatic nitrogens is 4. The van der Waals surface area contributed by atoms with E-state index >= 15 is 0 Å². The highest BCUT2D eigenvalue weighted by Gasteiger charge is 2.06. The Kier molecular flexibility index (Phi) is 3.72. The normalized spacial score (nSPS) is 10.7. The highest BCUT2D eigenvalue weighted by Crippen LogP contribution is 2.26. The van der Waals surface area contributed by atoms with Crippen LogP contribution in [-0.2, 0) is 0 Å². The van der Waals surface area contributed by atoms with Crippen molar-refractivity contribution in [2.45, 2.75) is 0 Å². The van der Waals surface area contributed by atoms with Gasteiger partial charge in [0, 0.05) is 10.7 Å². The average Bonchev–Trinajstić information content (AvgIpc) is 3.08.